The molecule has 1 aromatic carbocycles. The molecular formula is C19H18N8O2. The van der Waals surface area contributed by atoms with E-state index in [0.29, 0.717) is 23.1 Å². The van der Waals surface area contributed by atoms with Gasteiger partial charge in [-0.15, -0.1) is 6.58 Å². The Balaban J connectivity index is 2.29. The zero-order chi connectivity index (χ0) is 21.1. The van der Waals surface area contributed by atoms with E-state index in [2.05, 4.69) is 27.2 Å². The van der Waals surface area contributed by atoms with E-state index in [0.717, 1.165) is 0 Å². The molecule has 0 spiro atoms. The molecule has 0 bridgehead atoms. The monoisotopic (exact) mass is 390 g/mol. The minimum atomic E-state index is -0.736. The van der Waals surface area contributed by atoms with Crippen molar-refractivity contribution < 1.29 is 9.84 Å². The van der Waals surface area contributed by atoms with E-state index in [1.807, 2.05) is 6.07 Å². The van der Waals surface area contributed by atoms with Crippen molar-refractivity contribution in [1.82, 2.24) is 10.3 Å². The number of allylic oxidation sites excluding steroid dienone is 1. The van der Waals surface area contributed by atoms with Crippen LogP contribution in [0.1, 0.15) is 28.3 Å². The highest BCUT2D eigenvalue weighted by atomic mass is 16.5. The molecule has 29 heavy (non-hydrogen) atoms. The number of rotatable bonds is 4. The van der Waals surface area contributed by atoms with Gasteiger partial charge in [0.1, 0.15) is 29.3 Å². The number of nitrogens with zero attached hydrogens (tertiary/aromatic N) is 4. The molecule has 10 nitrogen and oxygen atoms in total. The lowest BCUT2D eigenvalue weighted by Gasteiger charge is -2.27. The summed E-state index contributed by atoms with van der Waals surface area (Å²) >= 11 is 0. The lowest BCUT2D eigenvalue weighted by Crippen LogP contribution is -2.32. The normalized spacial score (nSPS) is 14.4. The Morgan fingerprint density at radius 1 is 1.41 bits per heavy atom. The summed E-state index contributed by atoms with van der Waals surface area (Å²) in [6, 6.07) is 4.55. The van der Waals surface area contributed by atoms with Crippen LogP contribution in [-0.2, 0) is 6.42 Å². The first-order valence-corrected chi connectivity index (χ1v) is 8.44. The van der Waals surface area contributed by atoms with Crippen LogP contribution in [0.2, 0.25) is 0 Å². The topological polar surface area (TPSA) is 178 Å². The summed E-state index contributed by atoms with van der Waals surface area (Å²) in [6.45, 7) is 3.70. The maximum absolute atomic E-state index is 10.4. The Morgan fingerprint density at radius 2 is 2.17 bits per heavy atom. The molecule has 1 aromatic heterocycles. The summed E-state index contributed by atoms with van der Waals surface area (Å²) in [5, 5.41) is 34.0. The summed E-state index contributed by atoms with van der Waals surface area (Å²) in [5.74, 6) is 0.605. The van der Waals surface area contributed by atoms with E-state index in [1.54, 1.807) is 24.4 Å². The highest BCUT2D eigenvalue weighted by Crippen LogP contribution is 2.43. The van der Waals surface area contributed by atoms with Crippen molar-refractivity contribution >= 4 is 23.3 Å². The summed E-state index contributed by atoms with van der Waals surface area (Å²) < 4.78 is 5.28. The number of guanidine groups is 1. The number of phenols is 1. The van der Waals surface area contributed by atoms with Gasteiger partial charge in [0, 0.05) is 11.1 Å². The van der Waals surface area contributed by atoms with E-state index in [1.165, 1.54) is 7.11 Å². The molecule has 1 aliphatic heterocycles. The number of pyridine rings is 1. The fourth-order valence-corrected chi connectivity index (χ4v) is 3.14. The van der Waals surface area contributed by atoms with Crippen LogP contribution in [0.25, 0.3) is 0 Å². The third kappa shape index (κ3) is 3.31. The number of phenolic OH excluding ortho intramolecular Hbond substituents is 1. The molecule has 1 unspecified atom stereocenters. The van der Waals surface area contributed by atoms with Crippen molar-refractivity contribution in [2.75, 3.05) is 23.9 Å². The smallest absolute Gasteiger partial charge is 0.211 e. The van der Waals surface area contributed by atoms with Crippen LogP contribution in [0.3, 0.4) is 0 Å². The number of nitriles is 2. The standard InChI is InChI=1S/C19H18N8O2/c1-3-4-9-5-10(6-12(29-2)16(9)28)15-13-14(22)11(7-20)17(23)26-18(13)27-19(25-15)24-8-21/h3,5-6,15,28H,1,4H2,2H3,(H6,22,23,24,25,26,27). The molecular weight excluding hydrogens is 372 g/mol. The van der Waals surface area contributed by atoms with Gasteiger partial charge < -0.3 is 26.6 Å². The molecule has 2 aromatic rings. The number of fused-ring (bicyclic) bond motifs is 1. The number of aliphatic imine (C=N–C) groups is 1. The van der Waals surface area contributed by atoms with Gasteiger partial charge in [0.15, 0.2) is 17.7 Å². The number of nitrogen functional groups attached to an aromatic ring is 2. The minimum absolute atomic E-state index is 0.00854. The molecule has 0 fully saturated rings. The predicted octanol–water partition coefficient (Wildman–Crippen LogP) is 1.50. The van der Waals surface area contributed by atoms with Gasteiger partial charge in [-0.2, -0.15) is 10.5 Å². The highest BCUT2D eigenvalue weighted by Gasteiger charge is 2.30. The third-order valence-electron chi connectivity index (χ3n) is 4.43. The second-order valence-corrected chi connectivity index (χ2v) is 6.13. The first-order valence-electron chi connectivity index (χ1n) is 8.44. The molecule has 0 radical (unpaired) electrons. The van der Waals surface area contributed by atoms with E-state index in [4.69, 9.17) is 21.5 Å². The van der Waals surface area contributed by atoms with Gasteiger partial charge in [0.05, 0.1) is 12.8 Å². The Morgan fingerprint density at radius 3 is 2.79 bits per heavy atom. The summed E-state index contributed by atoms with van der Waals surface area (Å²) in [6.07, 6.45) is 3.82. The number of nitrogens with two attached hydrogens (primary N) is 2. The van der Waals surface area contributed by atoms with E-state index in [-0.39, 0.29) is 40.3 Å². The Bertz CT molecular complexity index is 1110. The molecule has 3 rings (SSSR count). The third-order valence-corrected chi connectivity index (χ3v) is 4.43. The number of ether oxygens (including phenoxy) is 1. The average molecular weight is 390 g/mol. The van der Waals surface area contributed by atoms with Gasteiger partial charge in [-0.05, 0) is 24.1 Å². The van der Waals surface area contributed by atoms with Gasteiger partial charge >= 0.3 is 0 Å². The number of aromatic nitrogens is 1. The van der Waals surface area contributed by atoms with Crippen LogP contribution in [0, 0.1) is 22.8 Å². The number of methoxy groups -OCH3 is 1. The van der Waals surface area contributed by atoms with Crippen molar-refractivity contribution in [2.45, 2.75) is 12.5 Å². The van der Waals surface area contributed by atoms with Crippen LogP contribution >= 0.6 is 0 Å². The van der Waals surface area contributed by atoms with Gasteiger partial charge in [0.2, 0.25) is 5.96 Å². The molecule has 2 heterocycles. The second-order valence-electron chi connectivity index (χ2n) is 6.13. The number of hydrogen-bond donors (Lipinski definition) is 5. The Labute approximate surface area is 166 Å². The van der Waals surface area contributed by atoms with Gasteiger partial charge in [-0.25, -0.2) is 9.98 Å². The quantitative estimate of drug-likeness (QED) is 0.294. The number of aromatic hydroxyl groups is 1. The first kappa shape index (κ1) is 19.3. The number of hydrogen-bond acceptors (Lipinski definition) is 10. The molecule has 0 saturated heterocycles. The van der Waals surface area contributed by atoms with E-state index in [9.17, 15) is 10.4 Å². The molecule has 0 aliphatic carbocycles. The van der Waals surface area contributed by atoms with E-state index >= 15 is 0 Å². The largest absolute Gasteiger partial charge is 0.504 e. The van der Waals surface area contributed by atoms with Crippen molar-refractivity contribution in [2.24, 2.45) is 4.99 Å². The minimum Gasteiger partial charge on any atom is -0.504 e. The summed E-state index contributed by atoms with van der Waals surface area (Å²) in [5.41, 5.74) is 13.9. The van der Waals surface area contributed by atoms with Crippen LogP contribution in [0.5, 0.6) is 11.5 Å². The van der Waals surface area contributed by atoms with Crippen molar-refractivity contribution in [1.29, 1.82) is 10.5 Å². The van der Waals surface area contributed by atoms with Crippen molar-refractivity contribution in [3.05, 3.63) is 47.0 Å². The van der Waals surface area contributed by atoms with Crippen LogP contribution < -0.4 is 26.8 Å². The van der Waals surface area contributed by atoms with E-state index < -0.39 is 6.04 Å². The van der Waals surface area contributed by atoms with Crippen molar-refractivity contribution in [3.8, 4) is 23.8 Å². The average Bonchev–Trinajstić information content (AvgIpc) is 2.69. The zero-order valence-corrected chi connectivity index (χ0v) is 15.5. The fourth-order valence-electron chi connectivity index (χ4n) is 3.14. The van der Waals surface area contributed by atoms with Crippen LogP contribution in [0.15, 0.2) is 29.8 Å². The molecule has 1 aliphatic rings. The van der Waals surface area contributed by atoms with Gasteiger partial charge in [-0.1, -0.05) is 6.08 Å². The fraction of sp³-hybridized carbons (Fsp3) is 0.158. The maximum atomic E-state index is 10.4. The number of nitrogens with one attached hydrogen (secondary N) is 2. The molecule has 0 amide bonds. The second kappa shape index (κ2) is 7.66. The van der Waals surface area contributed by atoms with Crippen LogP contribution in [-0.4, -0.2) is 23.2 Å². The molecule has 10 heteroatoms. The highest BCUT2D eigenvalue weighted by molar-refractivity contribution is 5.98. The maximum Gasteiger partial charge on any atom is 0.211 e. The Kier molecular flexibility index (Phi) is 5.11. The lowest BCUT2D eigenvalue weighted by atomic mass is 9.93. The molecule has 146 valence electrons. The lowest BCUT2D eigenvalue weighted by molar-refractivity contribution is 0.370. The Hall–Kier alpha value is -4.44. The summed E-state index contributed by atoms with van der Waals surface area (Å²) in [7, 11) is 1.43. The van der Waals surface area contributed by atoms with Gasteiger partial charge in [-0.3, -0.25) is 5.32 Å². The van der Waals surface area contributed by atoms with Gasteiger partial charge in [0.25, 0.3) is 0 Å². The first-order chi connectivity index (χ1) is 13.9. The SMILES string of the molecule is C=CCc1cc(C2N=C(NC#N)Nc3nc(N)c(C#N)c(N)c32)cc(OC)c1O. The van der Waals surface area contributed by atoms with Crippen LogP contribution in [0.4, 0.5) is 17.3 Å². The molecule has 0 saturated carbocycles. The molecule has 7 N–H and O–H groups in total. The molecule has 1 atom stereocenters. The summed E-state index contributed by atoms with van der Waals surface area (Å²) in [4.78, 5) is 8.70. The zero-order valence-electron chi connectivity index (χ0n) is 15.5. The predicted molar refractivity (Wildman–Crippen MR) is 108 cm³/mol. The van der Waals surface area contributed by atoms with Crippen molar-refractivity contribution in [3.63, 3.8) is 0 Å². The number of anilines is 3. The number of benzene rings is 1.